The van der Waals surface area contributed by atoms with E-state index in [9.17, 15) is 14.9 Å². The summed E-state index contributed by atoms with van der Waals surface area (Å²) in [5.74, 6) is 0.402. The summed E-state index contributed by atoms with van der Waals surface area (Å²) in [6.45, 7) is 4.34. The molecule has 0 aliphatic heterocycles. The van der Waals surface area contributed by atoms with E-state index in [4.69, 9.17) is 13.9 Å². The summed E-state index contributed by atoms with van der Waals surface area (Å²) in [7, 11) is 0. The Morgan fingerprint density at radius 2 is 1.94 bits per heavy atom. The van der Waals surface area contributed by atoms with Gasteiger partial charge in [0.15, 0.2) is 11.5 Å². The first-order valence-corrected chi connectivity index (χ1v) is 11.6. The van der Waals surface area contributed by atoms with Gasteiger partial charge < -0.3 is 19.2 Å². The summed E-state index contributed by atoms with van der Waals surface area (Å²) in [6.07, 6.45) is 2.95. The van der Waals surface area contributed by atoms with Gasteiger partial charge in [-0.05, 0) is 61.9 Å². The highest BCUT2D eigenvalue weighted by Gasteiger charge is 2.14. The molecule has 34 heavy (non-hydrogen) atoms. The lowest BCUT2D eigenvalue weighted by Crippen LogP contribution is -2.23. The van der Waals surface area contributed by atoms with Crippen molar-refractivity contribution < 1.29 is 23.5 Å². The third kappa shape index (κ3) is 7.29. The molecule has 3 aromatic rings. The molecule has 0 atom stereocenters. The number of esters is 1. The number of ether oxygens (including phenoxy) is 2. The predicted octanol–water partition coefficient (Wildman–Crippen LogP) is 4.91. The maximum atomic E-state index is 12.4. The molecule has 3 rings (SSSR count). The lowest BCUT2D eigenvalue weighted by Gasteiger charge is -2.12. The van der Waals surface area contributed by atoms with Gasteiger partial charge in [0.25, 0.3) is 5.91 Å². The van der Waals surface area contributed by atoms with Gasteiger partial charge in [0.1, 0.15) is 17.4 Å². The van der Waals surface area contributed by atoms with Crippen LogP contribution in [0.3, 0.4) is 0 Å². The van der Waals surface area contributed by atoms with Crippen LogP contribution in [0.5, 0.6) is 11.5 Å². The van der Waals surface area contributed by atoms with E-state index in [1.165, 1.54) is 24.1 Å². The molecule has 0 radical (unpaired) electrons. The molecule has 0 spiro atoms. The zero-order valence-electron chi connectivity index (χ0n) is 18.9. The number of aryl methyl sites for hydroxylation is 1. The number of nitrogens with zero attached hydrogens (tertiary/aromatic N) is 1. The molecule has 1 N–H and O–H groups in total. The Bertz CT molecular complexity index is 1190. The summed E-state index contributed by atoms with van der Waals surface area (Å²) in [4.78, 5) is 25.7. The normalized spacial score (nSPS) is 10.9. The van der Waals surface area contributed by atoms with Crippen molar-refractivity contribution >= 4 is 29.7 Å². The van der Waals surface area contributed by atoms with Crippen LogP contribution >= 0.6 is 11.8 Å². The number of carbonyl (C=O) groups is 2. The van der Waals surface area contributed by atoms with E-state index in [-0.39, 0.29) is 23.6 Å². The fourth-order valence-corrected chi connectivity index (χ4v) is 3.56. The van der Waals surface area contributed by atoms with Crippen LogP contribution in [0, 0.1) is 18.3 Å². The van der Waals surface area contributed by atoms with Gasteiger partial charge in [-0.2, -0.15) is 5.26 Å². The van der Waals surface area contributed by atoms with Gasteiger partial charge >= 0.3 is 5.97 Å². The van der Waals surface area contributed by atoms with Gasteiger partial charge in [-0.3, -0.25) is 9.59 Å². The van der Waals surface area contributed by atoms with Crippen LogP contribution in [0.25, 0.3) is 6.08 Å². The molecule has 7 nitrogen and oxygen atoms in total. The summed E-state index contributed by atoms with van der Waals surface area (Å²) in [5.41, 5.74) is 1.63. The van der Waals surface area contributed by atoms with Crippen LogP contribution in [0.4, 0.5) is 0 Å². The molecule has 0 saturated carbocycles. The number of benzene rings is 2. The van der Waals surface area contributed by atoms with E-state index in [0.29, 0.717) is 23.7 Å². The smallest absolute Gasteiger partial charge is 0.321 e. The van der Waals surface area contributed by atoms with Crippen LogP contribution in [0.2, 0.25) is 0 Å². The molecule has 0 unspecified atom stereocenters. The molecular weight excluding hydrogens is 452 g/mol. The van der Waals surface area contributed by atoms with E-state index in [2.05, 4.69) is 5.32 Å². The zero-order valence-corrected chi connectivity index (χ0v) is 19.7. The summed E-state index contributed by atoms with van der Waals surface area (Å²) < 4.78 is 16.3. The van der Waals surface area contributed by atoms with Crippen molar-refractivity contribution in [2.45, 2.75) is 25.3 Å². The molecule has 0 aliphatic rings. The summed E-state index contributed by atoms with van der Waals surface area (Å²) in [6, 6.07) is 18.1. The molecule has 0 saturated heterocycles. The number of nitrogens with one attached hydrogen (secondary N) is 1. The minimum Gasteiger partial charge on any atom is -0.490 e. The molecule has 8 heteroatoms. The lowest BCUT2D eigenvalue weighted by molar-refractivity contribution is -0.131. The van der Waals surface area contributed by atoms with Crippen molar-refractivity contribution in [2.75, 3.05) is 12.4 Å². The van der Waals surface area contributed by atoms with Crippen molar-refractivity contribution in [3.05, 3.63) is 83.3 Å². The average Bonchev–Trinajstić information content (AvgIpc) is 3.36. The van der Waals surface area contributed by atoms with Crippen LogP contribution in [-0.2, 0) is 16.1 Å². The second-order valence-corrected chi connectivity index (χ2v) is 8.20. The van der Waals surface area contributed by atoms with Crippen molar-refractivity contribution in [3.63, 3.8) is 0 Å². The van der Waals surface area contributed by atoms with Crippen LogP contribution in [0.15, 0.2) is 75.7 Å². The molecule has 2 aromatic carbocycles. The van der Waals surface area contributed by atoms with E-state index in [1.54, 1.807) is 30.3 Å². The van der Waals surface area contributed by atoms with Crippen LogP contribution < -0.4 is 14.8 Å². The minimum atomic E-state index is -0.527. The number of hydrogen-bond donors (Lipinski definition) is 1. The highest BCUT2D eigenvalue weighted by molar-refractivity contribution is 8.00. The van der Waals surface area contributed by atoms with Crippen molar-refractivity contribution in [2.24, 2.45) is 0 Å². The first-order valence-electron chi connectivity index (χ1n) is 10.6. The maximum Gasteiger partial charge on any atom is 0.321 e. The second kappa shape index (κ2) is 12.3. The molecule has 0 aliphatic carbocycles. The predicted molar refractivity (Wildman–Crippen MR) is 129 cm³/mol. The first kappa shape index (κ1) is 24.7. The standard InChI is InChI=1S/C26H24N2O5S/c1-3-31-24-14-19(13-20(15-27)26(30)28-16-21-5-4-12-32-21)8-11-23(24)33-25(29)17-34-22-9-6-18(2)7-10-22/h4-14H,3,16-17H2,1-2H3,(H,28,30)/b20-13+. The number of thioether (sulfide) groups is 1. The van der Waals surface area contributed by atoms with Crippen molar-refractivity contribution in [1.29, 1.82) is 5.26 Å². The zero-order chi connectivity index (χ0) is 24.3. The number of amides is 1. The number of hydrogen-bond acceptors (Lipinski definition) is 7. The summed E-state index contributed by atoms with van der Waals surface area (Å²) >= 11 is 1.38. The Kier molecular flexibility index (Phi) is 8.95. The van der Waals surface area contributed by atoms with Gasteiger partial charge in [0.05, 0.1) is 25.2 Å². The van der Waals surface area contributed by atoms with E-state index in [0.717, 1.165) is 10.5 Å². The third-order valence-electron chi connectivity index (χ3n) is 4.55. The van der Waals surface area contributed by atoms with Gasteiger partial charge in [0.2, 0.25) is 0 Å². The van der Waals surface area contributed by atoms with Crippen molar-refractivity contribution in [3.8, 4) is 17.6 Å². The molecule has 1 amide bonds. The highest BCUT2D eigenvalue weighted by Crippen LogP contribution is 2.30. The van der Waals surface area contributed by atoms with Gasteiger partial charge in [-0.15, -0.1) is 11.8 Å². The second-order valence-electron chi connectivity index (χ2n) is 7.15. The minimum absolute atomic E-state index is 0.0757. The molecule has 174 valence electrons. The number of rotatable bonds is 10. The topological polar surface area (TPSA) is 102 Å². The molecule has 0 bridgehead atoms. The van der Waals surface area contributed by atoms with Gasteiger partial charge in [-0.25, -0.2) is 0 Å². The Morgan fingerprint density at radius 1 is 1.15 bits per heavy atom. The first-order chi connectivity index (χ1) is 16.5. The van der Waals surface area contributed by atoms with E-state index in [1.807, 2.05) is 44.2 Å². The Hall–Kier alpha value is -3.96. The molecule has 1 aromatic heterocycles. The maximum absolute atomic E-state index is 12.4. The summed E-state index contributed by atoms with van der Waals surface area (Å²) in [5, 5.41) is 12.1. The monoisotopic (exact) mass is 476 g/mol. The fourth-order valence-electron chi connectivity index (χ4n) is 2.89. The molecule has 1 heterocycles. The van der Waals surface area contributed by atoms with E-state index < -0.39 is 11.9 Å². The largest absolute Gasteiger partial charge is 0.490 e. The van der Waals surface area contributed by atoms with Crippen molar-refractivity contribution in [1.82, 2.24) is 5.32 Å². The third-order valence-corrected chi connectivity index (χ3v) is 5.53. The molecular formula is C26H24N2O5S. The van der Waals surface area contributed by atoms with Crippen LogP contribution in [0.1, 0.15) is 23.8 Å². The molecule has 0 fully saturated rings. The quantitative estimate of drug-likeness (QED) is 0.146. The lowest BCUT2D eigenvalue weighted by atomic mass is 10.1. The number of nitriles is 1. The van der Waals surface area contributed by atoms with Gasteiger partial charge in [-0.1, -0.05) is 23.8 Å². The Labute approximate surface area is 202 Å². The van der Waals surface area contributed by atoms with E-state index >= 15 is 0 Å². The fraction of sp³-hybridized carbons (Fsp3) is 0.192. The SMILES string of the molecule is CCOc1cc(/C=C(\C#N)C(=O)NCc2ccco2)ccc1OC(=O)CSc1ccc(C)cc1. The van der Waals surface area contributed by atoms with Gasteiger partial charge in [0, 0.05) is 4.90 Å². The highest BCUT2D eigenvalue weighted by atomic mass is 32.2. The number of carbonyl (C=O) groups excluding carboxylic acids is 2. The van der Waals surface area contributed by atoms with Crippen LogP contribution in [-0.4, -0.2) is 24.2 Å². The Morgan fingerprint density at radius 3 is 2.62 bits per heavy atom. The average molecular weight is 477 g/mol. The number of furan rings is 1. The Balaban J connectivity index is 1.66.